The van der Waals surface area contributed by atoms with E-state index in [4.69, 9.17) is 21.1 Å². The molecule has 0 aliphatic carbocycles. The van der Waals surface area contributed by atoms with Gasteiger partial charge in [-0.05, 0) is 54.8 Å². The van der Waals surface area contributed by atoms with Gasteiger partial charge in [0.2, 0.25) is 5.91 Å². The summed E-state index contributed by atoms with van der Waals surface area (Å²) in [5.74, 6) is 0.122. The van der Waals surface area contributed by atoms with Gasteiger partial charge < -0.3 is 29.6 Å². The van der Waals surface area contributed by atoms with Crippen molar-refractivity contribution in [1.29, 1.82) is 0 Å². The van der Waals surface area contributed by atoms with Crippen molar-refractivity contribution in [3.63, 3.8) is 0 Å². The second-order valence-electron chi connectivity index (χ2n) is 10.0. The Morgan fingerprint density at radius 1 is 1.10 bits per heavy atom. The van der Waals surface area contributed by atoms with Crippen molar-refractivity contribution in [3.05, 3.63) is 92.4 Å². The van der Waals surface area contributed by atoms with E-state index >= 15 is 0 Å². The number of hydrogen-bond acceptors (Lipinski definition) is 6. The summed E-state index contributed by atoms with van der Waals surface area (Å²) in [6, 6.07) is 13.5. The molecule has 4 bridgehead atoms. The van der Waals surface area contributed by atoms with Gasteiger partial charge >= 0.3 is 0 Å². The van der Waals surface area contributed by atoms with E-state index in [1.165, 1.54) is 17.2 Å². The first-order chi connectivity index (χ1) is 19.2. The predicted molar refractivity (Wildman–Crippen MR) is 148 cm³/mol. The van der Waals surface area contributed by atoms with Gasteiger partial charge in [0.1, 0.15) is 16.5 Å². The van der Waals surface area contributed by atoms with Gasteiger partial charge in [0.25, 0.3) is 17.4 Å². The number of likely N-dealkylation sites (N-methyl/N-ethyl adjacent to an activating group) is 1. The van der Waals surface area contributed by atoms with Crippen LogP contribution in [0.4, 0.5) is 0 Å². The number of aryl methyl sites for hydroxylation is 1. The molecule has 0 radical (unpaired) electrons. The molecule has 2 aromatic carbocycles. The topological polar surface area (TPSA) is 121 Å². The fourth-order valence-electron chi connectivity index (χ4n) is 4.85. The molecule has 0 saturated carbocycles. The van der Waals surface area contributed by atoms with Crippen LogP contribution in [0.2, 0.25) is 5.02 Å². The second-order valence-corrected chi connectivity index (χ2v) is 10.4. The summed E-state index contributed by atoms with van der Waals surface area (Å²) >= 11 is 5.92. The van der Waals surface area contributed by atoms with Gasteiger partial charge in [-0.15, -0.1) is 0 Å². The first-order valence-corrected chi connectivity index (χ1v) is 13.3. The zero-order chi connectivity index (χ0) is 28.4. The number of amides is 3. The van der Waals surface area contributed by atoms with Crippen molar-refractivity contribution in [2.24, 2.45) is 0 Å². The van der Waals surface area contributed by atoms with Crippen molar-refractivity contribution in [2.75, 3.05) is 26.7 Å². The van der Waals surface area contributed by atoms with E-state index in [1.807, 2.05) is 31.2 Å². The minimum atomic E-state index is -0.537. The fraction of sp³-hybridized carbons (Fsp3) is 0.310. The van der Waals surface area contributed by atoms with Crippen LogP contribution >= 0.6 is 11.6 Å². The van der Waals surface area contributed by atoms with Crippen LogP contribution in [0.15, 0.2) is 59.5 Å². The van der Waals surface area contributed by atoms with Crippen molar-refractivity contribution in [2.45, 2.75) is 32.1 Å². The summed E-state index contributed by atoms with van der Waals surface area (Å²) in [4.78, 5) is 56.4. The first kappa shape index (κ1) is 27.4. The number of nitrogens with one attached hydrogen (secondary N) is 2. The number of carbonyl (C=O) groups excluding carboxylic acids is 3. The molecule has 11 heteroatoms. The number of rotatable bonds is 1. The lowest BCUT2D eigenvalue weighted by Gasteiger charge is -2.39. The normalized spacial score (nSPS) is 19.9. The van der Waals surface area contributed by atoms with Crippen LogP contribution in [0.25, 0.3) is 0 Å². The summed E-state index contributed by atoms with van der Waals surface area (Å²) in [7, 11) is 1.56. The van der Waals surface area contributed by atoms with Gasteiger partial charge in [-0.3, -0.25) is 19.2 Å². The molecule has 1 saturated heterocycles. The van der Waals surface area contributed by atoms with E-state index in [2.05, 4.69) is 10.3 Å². The molecule has 0 spiro atoms. The zero-order valence-electron chi connectivity index (χ0n) is 22.1. The number of aromatic nitrogens is 1. The highest BCUT2D eigenvalue weighted by Gasteiger charge is 2.34. The number of ether oxygens (including phenoxy) is 2. The summed E-state index contributed by atoms with van der Waals surface area (Å²) in [5, 5.41) is 2.89. The Balaban J connectivity index is 1.41. The maximum atomic E-state index is 13.2. The van der Waals surface area contributed by atoms with Gasteiger partial charge in [-0.1, -0.05) is 29.8 Å². The number of pyridine rings is 1. The smallest absolute Gasteiger partial charge is 0.266 e. The van der Waals surface area contributed by atoms with Crippen LogP contribution in [0.3, 0.4) is 0 Å². The molecule has 3 amide bonds. The number of halogens is 1. The van der Waals surface area contributed by atoms with Crippen molar-refractivity contribution in [1.82, 2.24) is 20.1 Å². The summed E-state index contributed by atoms with van der Waals surface area (Å²) in [6.07, 6.45) is 1.39. The Hall–Kier alpha value is -4.15. The van der Waals surface area contributed by atoms with Crippen LogP contribution in [-0.4, -0.2) is 71.3 Å². The average molecular weight is 565 g/mol. The molecule has 2 aliphatic rings. The Morgan fingerprint density at radius 3 is 2.73 bits per heavy atom. The van der Waals surface area contributed by atoms with E-state index in [-0.39, 0.29) is 54.1 Å². The average Bonchev–Trinajstić information content (AvgIpc) is 2.94. The maximum Gasteiger partial charge on any atom is 0.266 e. The van der Waals surface area contributed by atoms with Gasteiger partial charge in [0.15, 0.2) is 0 Å². The molecule has 2 aliphatic heterocycles. The molecule has 10 nitrogen and oxygen atoms in total. The minimum Gasteiger partial charge on any atom is -0.457 e. The lowest BCUT2D eigenvalue weighted by Crippen LogP contribution is -2.58. The summed E-state index contributed by atoms with van der Waals surface area (Å²) < 4.78 is 12.4. The molecule has 0 unspecified atom stereocenters. The van der Waals surface area contributed by atoms with E-state index in [1.54, 1.807) is 30.1 Å². The second kappa shape index (κ2) is 11.5. The van der Waals surface area contributed by atoms with Gasteiger partial charge in [-0.2, -0.15) is 0 Å². The standard InChI is InChI=1S/C29H29ClN4O6/c1-17-6-7-19-12-25(17)40-21-5-3-4-18(10-21)16-39-24-8-9-34(29(38)20-11-22(30)27(36)31-13-20)14-23(24)32-26(35)15-33(2)28(19)37/h3-7,10-13,23-24H,8-9,14-16H2,1-2H3,(H,31,36)(H,32,35)/t23-,24+/m1/s1. The zero-order valence-corrected chi connectivity index (χ0v) is 22.9. The molecule has 2 N–H and O–H groups in total. The van der Waals surface area contributed by atoms with Gasteiger partial charge in [-0.25, -0.2) is 0 Å². The number of hydrogen-bond donors (Lipinski definition) is 2. The highest BCUT2D eigenvalue weighted by molar-refractivity contribution is 6.30. The Bertz CT molecular complexity index is 1520. The number of H-pyrrole nitrogens is 1. The molecular formula is C29H29ClN4O6. The Labute approximate surface area is 235 Å². The molecule has 3 heterocycles. The van der Waals surface area contributed by atoms with Crippen LogP contribution in [0.5, 0.6) is 11.5 Å². The van der Waals surface area contributed by atoms with Gasteiger partial charge in [0, 0.05) is 31.9 Å². The molecule has 1 fully saturated rings. The predicted octanol–water partition coefficient (Wildman–Crippen LogP) is 3.13. The number of nitrogens with zero attached hydrogens (tertiary/aromatic N) is 2. The lowest BCUT2D eigenvalue weighted by atomic mass is 10.0. The molecule has 5 rings (SSSR count). The van der Waals surface area contributed by atoms with Gasteiger partial charge in [0.05, 0.1) is 30.9 Å². The number of carbonyl (C=O) groups is 3. The fourth-order valence-corrected chi connectivity index (χ4v) is 5.02. The third kappa shape index (κ3) is 6.03. The van der Waals surface area contributed by atoms with E-state index in [0.29, 0.717) is 30.0 Å². The minimum absolute atomic E-state index is 0.0818. The monoisotopic (exact) mass is 564 g/mol. The number of likely N-dealkylation sites (tertiary alicyclic amines) is 1. The van der Waals surface area contributed by atoms with E-state index < -0.39 is 11.6 Å². The van der Waals surface area contributed by atoms with E-state index in [0.717, 1.165) is 11.1 Å². The summed E-state index contributed by atoms with van der Waals surface area (Å²) in [5.41, 5.74) is 1.90. The SMILES string of the molecule is Cc1ccc2cc1Oc1cccc(c1)CO[C@H]1CCN(C(=O)c3c[nH]c(=O)c(Cl)c3)C[C@H]1NC(=O)CN(C)C2=O. The lowest BCUT2D eigenvalue weighted by molar-refractivity contribution is -0.124. The number of aromatic amines is 1. The number of fused-ring (bicyclic) bond motifs is 5. The van der Waals surface area contributed by atoms with Crippen molar-refractivity contribution < 1.29 is 23.9 Å². The molecule has 2 atom stereocenters. The highest BCUT2D eigenvalue weighted by Crippen LogP contribution is 2.28. The largest absolute Gasteiger partial charge is 0.457 e. The first-order valence-electron chi connectivity index (χ1n) is 12.9. The molecular weight excluding hydrogens is 536 g/mol. The Morgan fingerprint density at radius 2 is 1.93 bits per heavy atom. The summed E-state index contributed by atoms with van der Waals surface area (Å²) in [6.45, 7) is 2.54. The third-order valence-electron chi connectivity index (χ3n) is 7.04. The molecule has 208 valence electrons. The quantitative estimate of drug-likeness (QED) is 0.468. The molecule has 40 heavy (non-hydrogen) atoms. The van der Waals surface area contributed by atoms with Crippen LogP contribution in [0, 0.1) is 6.92 Å². The van der Waals surface area contributed by atoms with Crippen molar-refractivity contribution in [3.8, 4) is 11.5 Å². The van der Waals surface area contributed by atoms with Crippen LogP contribution in [-0.2, 0) is 16.1 Å². The van der Waals surface area contributed by atoms with Crippen LogP contribution in [0.1, 0.15) is 38.3 Å². The number of piperidine rings is 1. The highest BCUT2D eigenvalue weighted by atomic mass is 35.5. The Kier molecular flexibility index (Phi) is 7.90. The van der Waals surface area contributed by atoms with Crippen LogP contribution < -0.4 is 15.6 Å². The third-order valence-corrected chi connectivity index (χ3v) is 7.32. The van der Waals surface area contributed by atoms with Crippen molar-refractivity contribution >= 4 is 29.3 Å². The number of benzene rings is 2. The molecule has 1 aromatic heterocycles. The van der Waals surface area contributed by atoms with E-state index in [9.17, 15) is 19.2 Å². The maximum absolute atomic E-state index is 13.2. The molecule has 3 aromatic rings.